The molecule has 1 aliphatic rings. The smallest absolute Gasteiger partial charge is 0.323 e. The highest BCUT2D eigenvalue weighted by Crippen LogP contribution is 2.42. The van der Waals surface area contributed by atoms with Crippen LogP contribution >= 0.6 is 0 Å². The molecule has 0 unspecified atom stereocenters. The largest absolute Gasteiger partial charge is 0.436 e. The second-order valence-corrected chi connectivity index (χ2v) is 6.93. The normalized spacial score (nSPS) is 12.1. The number of benzene rings is 2. The number of pyridine rings is 2. The first-order valence-corrected chi connectivity index (χ1v) is 9.83. The third-order valence-corrected chi connectivity index (χ3v) is 4.82. The fourth-order valence-electron chi connectivity index (χ4n) is 3.39. The molecule has 8 nitrogen and oxygen atoms in total. The second-order valence-electron chi connectivity index (χ2n) is 6.93. The molecule has 32 heavy (non-hydrogen) atoms. The standard InChI is InChI=1S/C24H17N5O3/c30-23-19-7-4-12-26-22(19)32-21-15-17(28-24(31)27-16-5-2-1-3-6-16)8-9-20(21)29(23)18-10-13-25-14-11-18/h1-15H,(H2,27,28,31). The van der Waals surface area contributed by atoms with Crippen molar-refractivity contribution < 1.29 is 14.3 Å². The summed E-state index contributed by atoms with van der Waals surface area (Å²) in [5.41, 5.74) is 2.65. The van der Waals surface area contributed by atoms with Crippen LogP contribution in [0.5, 0.6) is 11.6 Å². The number of rotatable bonds is 3. The Morgan fingerprint density at radius 1 is 0.844 bits per heavy atom. The van der Waals surface area contributed by atoms with Gasteiger partial charge in [-0.15, -0.1) is 0 Å². The topological polar surface area (TPSA) is 96.4 Å². The van der Waals surface area contributed by atoms with Gasteiger partial charge in [0.15, 0.2) is 5.75 Å². The summed E-state index contributed by atoms with van der Waals surface area (Å²) in [6.07, 6.45) is 4.79. The van der Waals surface area contributed by atoms with Crippen molar-refractivity contribution in [3.63, 3.8) is 0 Å². The second kappa shape index (κ2) is 8.19. The van der Waals surface area contributed by atoms with Crippen molar-refractivity contribution in [2.75, 3.05) is 15.5 Å². The van der Waals surface area contributed by atoms with Crippen molar-refractivity contribution in [3.05, 3.63) is 97.0 Å². The summed E-state index contributed by atoms with van der Waals surface area (Å²) in [6.45, 7) is 0. The van der Waals surface area contributed by atoms with E-state index in [4.69, 9.17) is 4.74 Å². The number of urea groups is 1. The molecule has 5 rings (SSSR count). The van der Waals surface area contributed by atoms with Gasteiger partial charge in [0.25, 0.3) is 5.91 Å². The molecule has 0 saturated heterocycles. The number of carbonyl (C=O) groups is 2. The van der Waals surface area contributed by atoms with Crippen molar-refractivity contribution in [1.29, 1.82) is 0 Å². The van der Waals surface area contributed by atoms with Gasteiger partial charge in [-0.2, -0.15) is 0 Å². The maximum Gasteiger partial charge on any atom is 0.323 e. The van der Waals surface area contributed by atoms with Gasteiger partial charge in [-0.1, -0.05) is 18.2 Å². The number of nitrogens with one attached hydrogen (secondary N) is 2. The van der Waals surface area contributed by atoms with E-state index in [1.165, 1.54) is 0 Å². The van der Waals surface area contributed by atoms with Gasteiger partial charge in [0.2, 0.25) is 5.88 Å². The molecule has 0 atom stereocenters. The molecule has 2 aromatic carbocycles. The summed E-state index contributed by atoms with van der Waals surface area (Å²) < 4.78 is 6.00. The summed E-state index contributed by atoms with van der Waals surface area (Å²) in [5, 5.41) is 5.55. The monoisotopic (exact) mass is 423 g/mol. The van der Waals surface area contributed by atoms with Crippen LogP contribution in [0.25, 0.3) is 0 Å². The molecule has 3 amide bonds. The fraction of sp³-hybridized carbons (Fsp3) is 0. The zero-order chi connectivity index (χ0) is 21.9. The Kier molecular flexibility index (Phi) is 4.93. The number of ether oxygens (including phenoxy) is 1. The lowest BCUT2D eigenvalue weighted by atomic mass is 10.2. The van der Waals surface area contributed by atoms with Gasteiger partial charge in [0.05, 0.1) is 11.4 Å². The van der Waals surface area contributed by atoms with Crippen LogP contribution in [0.15, 0.2) is 91.4 Å². The molecule has 3 heterocycles. The first-order chi connectivity index (χ1) is 15.7. The van der Waals surface area contributed by atoms with E-state index in [9.17, 15) is 9.59 Å². The first kappa shape index (κ1) is 19.3. The summed E-state index contributed by atoms with van der Waals surface area (Å²) >= 11 is 0. The molecule has 156 valence electrons. The van der Waals surface area contributed by atoms with Gasteiger partial charge < -0.3 is 15.4 Å². The van der Waals surface area contributed by atoms with Crippen molar-refractivity contribution in [2.24, 2.45) is 0 Å². The molecular weight excluding hydrogens is 406 g/mol. The fourth-order valence-corrected chi connectivity index (χ4v) is 3.39. The summed E-state index contributed by atoms with van der Waals surface area (Å²) in [4.78, 5) is 35.6. The number of amides is 3. The summed E-state index contributed by atoms with van der Waals surface area (Å²) in [5.74, 6) is 0.298. The summed E-state index contributed by atoms with van der Waals surface area (Å²) in [6, 6.07) is 20.6. The molecule has 0 bridgehead atoms. The van der Waals surface area contributed by atoms with Gasteiger partial charge in [0, 0.05) is 36.0 Å². The number of hydrogen-bond donors (Lipinski definition) is 2. The van der Waals surface area contributed by atoms with Crippen LogP contribution in [0.3, 0.4) is 0 Å². The number of carbonyl (C=O) groups excluding carboxylic acids is 2. The van der Waals surface area contributed by atoms with Gasteiger partial charge in [0.1, 0.15) is 5.56 Å². The van der Waals surface area contributed by atoms with Crippen molar-refractivity contribution in [3.8, 4) is 11.6 Å². The average Bonchev–Trinajstić information content (AvgIpc) is 2.94. The number of para-hydroxylation sites is 1. The number of fused-ring (bicyclic) bond motifs is 2. The zero-order valence-electron chi connectivity index (χ0n) is 16.7. The Morgan fingerprint density at radius 2 is 1.62 bits per heavy atom. The van der Waals surface area contributed by atoms with Crippen LogP contribution in [0.2, 0.25) is 0 Å². The Morgan fingerprint density at radius 3 is 2.44 bits per heavy atom. The third kappa shape index (κ3) is 3.72. The van der Waals surface area contributed by atoms with E-state index in [0.29, 0.717) is 34.1 Å². The first-order valence-electron chi connectivity index (χ1n) is 9.83. The highest BCUT2D eigenvalue weighted by molar-refractivity contribution is 6.14. The average molecular weight is 423 g/mol. The van der Waals surface area contributed by atoms with E-state index < -0.39 is 6.03 Å². The van der Waals surface area contributed by atoms with E-state index in [1.54, 1.807) is 78.1 Å². The maximum absolute atomic E-state index is 13.4. The van der Waals surface area contributed by atoms with Gasteiger partial charge in [-0.05, 0) is 48.5 Å². The molecule has 0 saturated carbocycles. The minimum atomic E-state index is -0.398. The zero-order valence-corrected chi connectivity index (χ0v) is 16.7. The van der Waals surface area contributed by atoms with Crippen LogP contribution < -0.4 is 20.3 Å². The maximum atomic E-state index is 13.4. The minimum absolute atomic E-state index is 0.196. The van der Waals surface area contributed by atoms with Gasteiger partial charge in [-0.3, -0.25) is 14.7 Å². The number of aromatic nitrogens is 2. The molecule has 8 heteroatoms. The molecule has 4 aromatic rings. The lowest BCUT2D eigenvalue weighted by Gasteiger charge is -2.22. The number of nitrogens with zero attached hydrogens (tertiary/aromatic N) is 3. The molecule has 0 radical (unpaired) electrons. The van der Waals surface area contributed by atoms with Crippen molar-refractivity contribution in [2.45, 2.75) is 0 Å². The minimum Gasteiger partial charge on any atom is -0.436 e. The molecular formula is C24H17N5O3. The molecule has 2 aromatic heterocycles. The molecule has 1 aliphatic heterocycles. The summed E-state index contributed by atoms with van der Waals surface area (Å²) in [7, 11) is 0. The van der Waals surface area contributed by atoms with Gasteiger partial charge in [-0.25, -0.2) is 9.78 Å². The van der Waals surface area contributed by atoms with E-state index in [1.807, 2.05) is 18.2 Å². The Labute approximate surface area is 183 Å². The molecule has 0 aliphatic carbocycles. The molecule has 2 N–H and O–H groups in total. The van der Waals surface area contributed by atoms with Crippen LogP contribution in [0.1, 0.15) is 10.4 Å². The SMILES string of the molecule is O=C(Nc1ccccc1)Nc1ccc2c(c1)Oc1ncccc1C(=O)N2c1ccncc1. The predicted octanol–water partition coefficient (Wildman–Crippen LogP) is 5.20. The third-order valence-electron chi connectivity index (χ3n) is 4.82. The highest BCUT2D eigenvalue weighted by atomic mass is 16.5. The van der Waals surface area contributed by atoms with Crippen molar-refractivity contribution in [1.82, 2.24) is 9.97 Å². The molecule has 0 spiro atoms. The van der Waals surface area contributed by atoms with E-state index in [0.717, 1.165) is 0 Å². The van der Waals surface area contributed by atoms with Crippen LogP contribution in [0, 0.1) is 0 Å². The van der Waals surface area contributed by atoms with E-state index in [2.05, 4.69) is 20.6 Å². The van der Waals surface area contributed by atoms with Crippen molar-refractivity contribution >= 4 is 34.7 Å². The number of anilines is 4. The van der Waals surface area contributed by atoms with E-state index >= 15 is 0 Å². The van der Waals surface area contributed by atoms with Crippen LogP contribution in [0.4, 0.5) is 27.5 Å². The van der Waals surface area contributed by atoms with Crippen LogP contribution in [-0.2, 0) is 0 Å². The van der Waals surface area contributed by atoms with E-state index in [-0.39, 0.29) is 11.8 Å². The quantitative estimate of drug-likeness (QED) is 0.472. The molecule has 0 fully saturated rings. The lowest BCUT2D eigenvalue weighted by molar-refractivity contribution is 0.0999. The van der Waals surface area contributed by atoms with Gasteiger partial charge >= 0.3 is 6.03 Å². The Balaban J connectivity index is 1.51. The number of hydrogen-bond acceptors (Lipinski definition) is 5. The Hall–Kier alpha value is -4.72. The highest BCUT2D eigenvalue weighted by Gasteiger charge is 2.30. The predicted molar refractivity (Wildman–Crippen MR) is 121 cm³/mol. The lowest BCUT2D eigenvalue weighted by Crippen LogP contribution is -2.25. The Bertz CT molecular complexity index is 1300. The van der Waals surface area contributed by atoms with Crippen LogP contribution in [-0.4, -0.2) is 21.9 Å².